The Morgan fingerprint density at radius 3 is 2.75 bits per heavy atom. The summed E-state index contributed by atoms with van der Waals surface area (Å²) in [5, 5.41) is 4.13. The summed E-state index contributed by atoms with van der Waals surface area (Å²) in [6.45, 7) is 2.69. The van der Waals surface area contributed by atoms with E-state index in [0.29, 0.717) is 21.5 Å². The first-order chi connectivity index (χ1) is 9.66. The molecule has 1 atom stereocenters. The molecule has 2 fully saturated rings. The van der Waals surface area contributed by atoms with Crippen LogP contribution in [0.5, 0.6) is 0 Å². The molecule has 1 aromatic carbocycles. The summed E-state index contributed by atoms with van der Waals surface area (Å²) in [6, 6.07) is 5.53. The number of carbonyl (C=O) groups is 1. The summed E-state index contributed by atoms with van der Waals surface area (Å²) in [6.07, 6.45) is 3.47. The van der Waals surface area contributed by atoms with E-state index in [1.165, 1.54) is 12.8 Å². The first-order valence-electron chi connectivity index (χ1n) is 7.12. The number of nitrogens with one attached hydrogen (secondary N) is 1. The monoisotopic (exact) mass is 312 g/mol. The highest BCUT2D eigenvalue weighted by atomic mass is 35.5. The zero-order valence-electron chi connectivity index (χ0n) is 11.2. The van der Waals surface area contributed by atoms with E-state index >= 15 is 0 Å². The molecule has 1 aromatic rings. The standard InChI is InChI=1S/C15H18Cl2N2O/c16-13-3-1-2-12(14(13)17)15(20)19(9-10-4-5-10)11-6-7-18-8-11/h1-3,10-11,18H,4-9H2/t11-/m1/s1. The molecular weight excluding hydrogens is 295 g/mol. The van der Waals surface area contributed by atoms with Crippen molar-refractivity contribution in [2.24, 2.45) is 5.92 Å². The van der Waals surface area contributed by atoms with E-state index in [1.807, 2.05) is 4.90 Å². The number of hydrogen-bond donors (Lipinski definition) is 1. The molecule has 0 bridgehead atoms. The molecule has 0 aromatic heterocycles. The first kappa shape index (κ1) is 14.2. The normalized spacial score (nSPS) is 22.0. The summed E-state index contributed by atoms with van der Waals surface area (Å²) in [4.78, 5) is 14.8. The zero-order chi connectivity index (χ0) is 14.1. The third kappa shape index (κ3) is 2.95. The summed E-state index contributed by atoms with van der Waals surface area (Å²) >= 11 is 12.2. The number of amides is 1. The van der Waals surface area contributed by atoms with Crippen LogP contribution in [0.2, 0.25) is 10.0 Å². The Kier molecular flexibility index (Phi) is 4.20. The van der Waals surface area contributed by atoms with E-state index in [4.69, 9.17) is 23.2 Å². The van der Waals surface area contributed by atoms with Crippen LogP contribution < -0.4 is 5.32 Å². The fourth-order valence-electron chi connectivity index (χ4n) is 2.71. The lowest BCUT2D eigenvalue weighted by molar-refractivity contribution is 0.0682. The highest BCUT2D eigenvalue weighted by molar-refractivity contribution is 6.43. The van der Waals surface area contributed by atoms with Crippen molar-refractivity contribution in [3.63, 3.8) is 0 Å². The molecule has 0 spiro atoms. The number of benzene rings is 1. The second-order valence-corrected chi connectivity index (χ2v) is 6.43. The maximum absolute atomic E-state index is 12.8. The second-order valence-electron chi connectivity index (χ2n) is 5.65. The van der Waals surface area contributed by atoms with Crippen LogP contribution in [-0.4, -0.2) is 36.5 Å². The van der Waals surface area contributed by atoms with Gasteiger partial charge in [-0.15, -0.1) is 0 Å². The first-order valence-corrected chi connectivity index (χ1v) is 7.88. The molecule has 1 aliphatic carbocycles. The highest BCUT2D eigenvalue weighted by Gasteiger charge is 2.33. The smallest absolute Gasteiger partial charge is 0.255 e. The van der Waals surface area contributed by atoms with Crippen LogP contribution in [0.25, 0.3) is 0 Å². The number of rotatable bonds is 4. The van der Waals surface area contributed by atoms with E-state index in [-0.39, 0.29) is 11.9 Å². The Bertz CT molecular complexity index is 511. The molecule has 1 saturated carbocycles. The van der Waals surface area contributed by atoms with Crippen molar-refractivity contribution in [2.45, 2.75) is 25.3 Å². The molecule has 108 valence electrons. The summed E-state index contributed by atoms with van der Waals surface area (Å²) in [7, 11) is 0. The molecule has 3 nitrogen and oxygen atoms in total. The number of halogens is 2. The molecule has 2 aliphatic rings. The van der Waals surface area contributed by atoms with Crippen LogP contribution in [0.1, 0.15) is 29.6 Å². The third-order valence-electron chi connectivity index (χ3n) is 4.07. The van der Waals surface area contributed by atoms with Gasteiger partial charge in [-0.25, -0.2) is 0 Å². The van der Waals surface area contributed by atoms with Crippen molar-refractivity contribution in [2.75, 3.05) is 19.6 Å². The summed E-state index contributed by atoms with van der Waals surface area (Å²) in [5.41, 5.74) is 0.520. The Balaban J connectivity index is 1.85. The molecule has 5 heteroatoms. The average Bonchev–Trinajstić information content (AvgIpc) is 3.10. The van der Waals surface area contributed by atoms with Crippen molar-refractivity contribution < 1.29 is 4.79 Å². The van der Waals surface area contributed by atoms with Gasteiger partial charge >= 0.3 is 0 Å². The number of hydrogen-bond acceptors (Lipinski definition) is 2. The molecule has 0 unspecified atom stereocenters. The maximum Gasteiger partial charge on any atom is 0.255 e. The second kappa shape index (κ2) is 5.92. The lowest BCUT2D eigenvalue weighted by atomic mass is 10.1. The lowest BCUT2D eigenvalue weighted by Gasteiger charge is -2.29. The van der Waals surface area contributed by atoms with E-state index in [1.54, 1.807) is 18.2 Å². The minimum atomic E-state index is 0.0121. The minimum absolute atomic E-state index is 0.0121. The quantitative estimate of drug-likeness (QED) is 0.926. The fourth-order valence-corrected chi connectivity index (χ4v) is 3.09. The minimum Gasteiger partial charge on any atom is -0.334 e. The largest absolute Gasteiger partial charge is 0.334 e. The Morgan fingerprint density at radius 2 is 2.10 bits per heavy atom. The van der Waals surface area contributed by atoms with Crippen molar-refractivity contribution in [3.8, 4) is 0 Å². The molecule has 1 amide bonds. The van der Waals surface area contributed by atoms with Gasteiger partial charge in [0.1, 0.15) is 0 Å². The average molecular weight is 313 g/mol. The van der Waals surface area contributed by atoms with Gasteiger partial charge in [-0.3, -0.25) is 4.79 Å². The van der Waals surface area contributed by atoms with Crippen LogP contribution in [0.15, 0.2) is 18.2 Å². The van der Waals surface area contributed by atoms with Crippen molar-refractivity contribution >= 4 is 29.1 Å². The van der Waals surface area contributed by atoms with E-state index in [2.05, 4.69) is 5.32 Å². The third-order valence-corrected chi connectivity index (χ3v) is 4.89. The molecule has 1 aliphatic heterocycles. The highest BCUT2D eigenvalue weighted by Crippen LogP contribution is 2.33. The Labute approximate surface area is 129 Å². The van der Waals surface area contributed by atoms with Crippen molar-refractivity contribution in [1.82, 2.24) is 10.2 Å². The lowest BCUT2D eigenvalue weighted by Crippen LogP contribution is -2.43. The van der Waals surface area contributed by atoms with Crippen LogP contribution in [0.3, 0.4) is 0 Å². The maximum atomic E-state index is 12.8. The van der Waals surface area contributed by atoms with Crippen LogP contribution in [0, 0.1) is 5.92 Å². The van der Waals surface area contributed by atoms with Crippen LogP contribution in [0.4, 0.5) is 0 Å². The van der Waals surface area contributed by atoms with Crippen molar-refractivity contribution in [1.29, 1.82) is 0 Å². The molecule has 1 heterocycles. The molecule has 20 heavy (non-hydrogen) atoms. The van der Waals surface area contributed by atoms with Gasteiger partial charge in [0.15, 0.2) is 0 Å². The van der Waals surface area contributed by atoms with Gasteiger partial charge in [0, 0.05) is 19.1 Å². The summed E-state index contributed by atoms with van der Waals surface area (Å²) in [5.74, 6) is 0.676. The molecule has 3 rings (SSSR count). The molecular formula is C15H18Cl2N2O. The zero-order valence-corrected chi connectivity index (χ0v) is 12.8. The van der Waals surface area contributed by atoms with E-state index < -0.39 is 0 Å². The van der Waals surface area contributed by atoms with Gasteiger partial charge in [0.05, 0.1) is 15.6 Å². The summed E-state index contributed by atoms with van der Waals surface area (Å²) < 4.78 is 0. The fraction of sp³-hybridized carbons (Fsp3) is 0.533. The van der Waals surface area contributed by atoms with Gasteiger partial charge in [0.25, 0.3) is 5.91 Å². The van der Waals surface area contributed by atoms with Gasteiger partial charge in [-0.05, 0) is 43.9 Å². The van der Waals surface area contributed by atoms with Crippen LogP contribution in [-0.2, 0) is 0 Å². The molecule has 0 radical (unpaired) electrons. The Morgan fingerprint density at radius 1 is 1.30 bits per heavy atom. The number of carbonyl (C=O) groups excluding carboxylic acids is 1. The van der Waals surface area contributed by atoms with Crippen molar-refractivity contribution in [3.05, 3.63) is 33.8 Å². The van der Waals surface area contributed by atoms with Gasteiger partial charge in [0.2, 0.25) is 0 Å². The molecule has 1 saturated heterocycles. The predicted octanol–water partition coefficient (Wildman–Crippen LogP) is 3.21. The van der Waals surface area contributed by atoms with Crippen LogP contribution >= 0.6 is 23.2 Å². The van der Waals surface area contributed by atoms with Gasteiger partial charge < -0.3 is 10.2 Å². The Hall–Kier alpha value is -0.770. The SMILES string of the molecule is O=C(c1cccc(Cl)c1Cl)N(CC1CC1)[C@@H]1CCNC1. The molecule has 1 N–H and O–H groups in total. The van der Waals surface area contributed by atoms with Gasteiger partial charge in [-0.2, -0.15) is 0 Å². The predicted molar refractivity (Wildman–Crippen MR) is 81.5 cm³/mol. The number of nitrogens with zero attached hydrogens (tertiary/aromatic N) is 1. The van der Waals surface area contributed by atoms with Gasteiger partial charge in [-0.1, -0.05) is 29.3 Å². The van der Waals surface area contributed by atoms with E-state index in [9.17, 15) is 4.79 Å². The topological polar surface area (TPSA) is 32.3 Å². The van der Waals surface area contributed by atoms with E-state index in [0.717, 1.165) is 26.1 Å².